The van der Waals surface area contributed by atoms with E-state index >= 15 is 0 Å². The molecule has 3 aliphatic rings. The minimum Gasteiger partial charge on any atom is -0.510 e. The standard InChI is InChI=1S/C29H40N4O7/c1-13(2)7-8-31-12-15-11-18(32(3)4)16-9-14-10-17-22(33(5)6)25(36)21(28(30)39)27(38)29(17,40)26(37)19(14)24(35)20(16)23(15)34/h11,13-14,17,22,31,34,36-37,40H,7-10,12H2,1-6H3,(H2,30,39)/t14-,17-,22-,29-/m0/s1. The van der Waals surface area contributed by atoms with Crippen LogP contribution in [0, 0.1) is 17.8 Å². The van der Waals surface area contributed by atoms with E-state index in [0.717, 1.165) is 18.7 Å². The van der Waals surface area contributed by atoms with Gasteiger partial charge in [0.05, 0.1) is 11.6 Å². The Bertz CT molecular complexity index is 1330. The number of benzene rings is 1. The zero-order valence-electron chi connectivity index (χ0n) is 23.9. The van der Waals surface area contributed by atoms with Crippen molar-refractivity contribution in [1.82, 2.24) is 10.2 Å². The number of nitrogens with zero attached hydrogens (tertiary/aromatic N) is 2. The van der Waals surface area contributed by atoms with Gasteiger partial charge >= 0.3 is 0 Å². The third-order valence-electron chi connectivity index (χ3n) is 8.47. The normalized spacial score (nSPS) is 26.3. The number of aromatic hydroxyl groups is 1. The Morgan fingerprint density at radius 3 is 2.38 bits per heavy atom. The highest BCUT2D eigenvalue weighted by molar-refractivity contribution is 6.24. The number of allylic oxidation sites excluding steroid dienone is 1. The van der Waals surface area contributed by atoms with Crippen molar-refractivity contribution in [3.8, 4) is 5.75 Å². The van der Waals surface area contributed by atoms with E-state index in [9.17, 15) is 34.8 Å². The topological polar surface area (TPSA) is 177 Å². The highest BCUT2D eigenvalue weighted by Gasteiger charge is 2.63. The predicted molar refractivity (Wildman–Crippen MR) is 149 cm³/mol. The van der Waals surface area contributed by atoms with E-state index in [4.69, 9.17) is 5.73 Å². The number of ketones is 2. The first-order valence-corrected chi connectivity index (χ1v) is 13.5. The van der Waals surface area contributed by atoms with Gasteiger partial charge in [0.1, 0.15) is 22.8 Å². The maximum Gasteiger partial charge on any atom is 0.255 e. The molecule has 0 bridgehead atoms. The molecular weight excluding hydrogens is 516 g/mol. The molecule has 0 saturated heterocycles. The predicted octanol–water partition coefficient (Wildman–Crippen LogP) is 1.32. The van der Waals surface area contributed by atoms with Gasteiger partial charge in [-0.3, -0.25) is 19.3 Å². The lowest BCUT2D eigenvalue weighted by molar-refractivity contribution is -0.148. The van der Waals surface area contributed by atoms with Crippen LogP contribution in [0.15, 0.2) is 28.7 Å². The number of anilines is 1. The number of hydrogen-bond acceptors (Lipinski definition) is 10. The van der Waals surface area contributed by atoms with Gasteiger partial charge in [-0.2, -0.15) is 0 Å². The molecule has 7 N–H and O–H groups in total. The largest absolute Gasteiger partial charge is 0.510 e. The van der Waals surface area contributed by atoms with Crippen molar-refractivity contribution in [3.63, 3.8) is 0 Å². The molecule has 218 valence electrons. The maximum atomic E-state index is 14.0. The summed E-state index contributed by atoms with van der Waals surface area (Å²) in [5.41, 5.74) is 3.63. The highest BCUT2D eigenvalue weighted by Crippen LogP contribution is 2.53. The molecule has 0 aromatic heterocycles. The fraction of sp³-hybridized carbons (Fsp3) is 0.552. The van der Waals surface area contributed by atoms with Crippen LogP contribution in [-0.2, 0) is 22.6 Å². The van der Waals surface area contributed by atoms with Gasteiger partial charge in [0.25, 0.3) is 5.91 Å². The summed E-state index contributed by atoms with van der Waals surface area (Å²) < 4.78 is 0. The maximum absolute atomic E-state index is 14.0. The highest BCUT2D eigenvalue weighted by atomic mass is 16.3. The number of likely N-dealkylation sites (N-methyl/N-ethyl adjacent to an activating group) is 1. The Labute approximate surface area is 233 Å². The molecule has 40 heavy (non-hydrogen) atoms. The van der Waals surface area contributed by atoms with Crippen molar-refractivity contribution in [1.29, 1.82) is 0 Å². The van der Waals surface area contributed by atoms with Crippen LogP contribution >= 0.6 is 0 Å². The van der Waals surface area contributed by atoms with Crippen molar-refractivity contribution >= 4 is 23.2 Å². The van der Waals surface area contributed by atoms with E-state index in [1.807, 2.05) is 25.1 Å². The Morgan fingerprint density at radius 2 is 1.82 bits per heavy atom. The number of rotatable bonds is 8. The molecular formula is C29H40N4O7. The SMILES string of the molecule is CC(C)CCNCc1cc(N(C)C)c2c(c1O)C(=O)C1=C(O)[C@]3(O)C(=O)C(C(N)=O)=C(O)[C@@H](N(C)C)[C@@H]3C[C@@H]1C2. The van der Waals surface area contributed by atoms with Gasteiger partial charge in [0, 0.05) is 43.4 Å². The van der Waals surface area contributed by atoms with Gasteiger partial charge in [0.15, 0.2) is 11.4 Å². The van der Waals surface area contributed by atoms with Crippen molar-refractivity contribution < 1.29 is 34.8 Å². The summed E-state index contributed by atoms with van der Waals surface area (Å²) in [6.07, 6.45) is 1.24. The molecule has 0 unspecified atom stereocenters. The quantitative estimate of drug-likeness (QED) is 0.202. The first kappa shape index (κ1) is 29.6. The number of aliphatic hydroxyl groups excluding tert-OH is 2. The summed E-state index contributed by atoms with van der Waals surface area (Å²) in [5, 5.41) is 48.7. The molecule has 3 aliphatic carbocycles. The summed E-state index contributed by atoms with van der Waals surface area (Å²) in [4.78, 5) is 43.0. The van der Waals surface area contributed by atoms with E-state index in [0.29, 0.717) is 23.6 Å². The number of hydrogen-bond donors (Lipinski definition) is 6. The number of carbonyl (C=O) groups is 3. The zero-order valence-corrected chi connectivity index (χ0v) is 23.9. The van der Waals surface area contributed by atoms with E-state index in [1.165, 1.54) is 4.90 Å². The first-order chi connectivity index (χ1) is 18.6. The van der Waals surface area contributed by atoms with Crippen LogP contribution in [0.2, 0.25) is 0 Å². The van der Waals surface area contributed by atoms with Gasteiger partial charge < -0.3 is 36.4 Å². The molecule has 1 aromatic carbocycles. The number of carbonyl (C=O) groups excluding carboxylic acids is 3. The number of phenolic OH excluding ortho intramolecular Hbond substituents is 1. The number of Topliss-reactive ketones (excluding diaryl/α,β-unsaturated/α-hetero) is 2. The Morgan fingerprint density at radius 1 is 1.18 bits per heavy atom. The van der Waals surface area contributed by atoms with E-state index in [1.54, 1.807) is 14.1 Å². The molecule has 0 spiro atoms. The molecule has 0 heterocycles. The lowest BCUT2D eigenvalue weighted by Crippen LogP contribution is -2.63. The molecule has 1 aromatic rings. The monoisotopic (exact) mass is 556 g/mol. The summed E-state index contributed by atoms with van der Waals surface area (Å²) in [6.45, 7) is 5.26. The zero-order chi connectivity index (χ0) is 29.8. The Kier molecular flexibility index (Phi) is 7.78. The molecule has 4 rings (SSSR count). The van der Waals surface area contributed by atoms with Gasteiger partial charge in [-0.05, 0) is 63.4 Å². The minimum atomic E-state index is -2.65. The van der Waals surface area contributed by atoms with E-state index in [2.05, 4.69) is 19.2 Å². The number of fused-ring (bicyclic) bond motifs is 3. The van der Waals surface area contributed by atoms with E-state index < -0.39 is 58.0 Å². The van der Waals surface area contributed by atoms with Crippen LogP contribution in [0.4, 0.5) is 5.69 Å². The summed E-state index contributed by atoms with van der Waals surface area (Å²) in [6, 6.07) is 0.823. The average Bonchev–Trinajstić information content (AvgIpc) is 2.84. The number of nitrogens with one attached hydrogen (secondary N) is 1. The van der Waals surface area contributed by atoms with Crippen molar-refractivity contribution in [2.75, 3.05) is 39.6 Å². The van der Waals surface area contributed by atoms with Crippen molar-refractivity contribution in [2.45, 2.75) is 51.3 Å². The number of phenols is 1. The average molecular weight is 557 g/mol. The molecule has 4 atom stereocenters. The van der Waals surface area contributed by atoms with Crippen LogP contribution in [0.1, 0.15) is 48.2 Å². The molecule has 0 saturated carbocycles. The lowest BCUT2D eigenvalue weighted by Gasteiger charge is -2.50. The molecule has 0 fully saturated rings. The minimum absolute atomic E-state index is 0.0210. The van der Waals surface area contributed by atoms with Crippen LogP contribution in [0.5, 0.6) is 5.75 Å². The second-order valence-corrected chi connectivity index (χ2v) is 12.0. The van der Waals surface area contributed by atoms with Gasteiger partial charge in [-0.15, -0.1) is 0 Å². The molecule has 11 heteroatoms. The Hall–Kier alpha value is -3.41. The van der Waals surface area contributed by atoms with Crippen molar-refractivity contribution in [3.05, 3.63) is 45.4 Å². The second-order valence-electron chi connectivity index (χ2n) is 12.0. The van der Waals surface area contributed by atoms with Gasteiger partial charge in [-0.25, -0.2) is 0 Å². The first-order valence-electron chi connectivity index (χ1n) is 13.5. The van der Waals surface area contributed by atoms with Gasteiger partial charge in [-0.1, -0.05) is 13.8 Å². The number of amides is 1. The number of primary amides is 1. The molecule has 1 amide bonds. The van der Waals surface area contributed by atoms with Crippen LogP contribution < -0.4 is 16.0 Å². The third-order valence-corrected chi connectivity index (χ3v) is 8.47. The van der Waals surface area contributed by atoms with Crippen molar-refractivity contribution in [2.24, 2.45) is 23.5 Å². The van der Waals surface area contributed by atoms with Gasteiger partial charge in [0.2, 0.25) is 5.78 Å². The lowest BCUT2D eigenvalue weighted by atomic mass is 9.58. The molecule has 11 nitrogen and oxygen atoms in total. The molecule has 0 radical (unpaired) electrons. The second kappa shape index (κ2) is 10.5. The fourth-order valence-corrected chi connectivity index (χ4v) is 6.50. The summed E-state index contributed by atoms with van der Waals surface area (Å²) in [5.74, 6) is -6.01. The van der Waals surface area contributed by atoms with E-state index in [-0.39, 0.29) is 29.7 Å². The number of aliphatic hydroxyl groups is 3. The number of nitrogens with two attached hydrogens (primary N) is 1. The summed E-state index contributed by atoms with van der Waals surface area (Å²) >= 11 is 0. The Balaban J connectivity index is 1.87. The third kappa shape index (κ3) is 4.46. The smallest absolute Gasteiger partial charge is 0.255 e. The van der Waals surface area contributed by atoms with Crippen LogP contribution in [0.25, 0.3) is 0 Å². The summed E-state index contributed by atoms with van der Waals surface area (Å²) in [7, 11) is 6.88. The molecule has 0 aliphatic heterocycles. The van der Waals surface area contributed by atoms with Crippen LogP contribution in [-0.4, -0.2) is 89.2 Å². The fourth-order valence-electron chi connectivity index (χ4n) is 6.50. The van der Waals surface area contributed by atoms with Crippen LogP contribution in [0.3, 0.4) is 0 Å².